The van der Waals surface area contributed by atoms with Gasteiger partial charge in [-0.15, -0.1) is 0 Å². The van der Waals surface area contributed by atoms with Crippen LogP contribution in [0, 0.1) is 12.7 Å². The van der Waals surface area contributed by atoms with Gasteiger partial charge in [-0.05, 0) is 55.0 Å². The van der Waals surface area contributed by atoms with Gasteiger partial charge in [-0.3, -0.25) is 0 Å². The SMILES string of the molecule is Cc1ccc(-c2ccc(F)cc2)c(Oc2ccc(Cl)c(C(F)(F)F)c2)n1. The zero-order valence-electron chi connectivity index (χ0n) is 13.4. The first-order chi connectivity index (χ1) is 12.2. The fourth-order valence-corrected chi connectivity index (χ4v) is 2.58. The number of benzene rings is 2. The molecule has 0 radical (unpaired) electrons. The van der Waals surface area contributed by atoms with Crippen molar-refractivity contribution in [3.63, 3.8) is 0 Å². The van der Waals surface area contributed by atoms with Crippen LogP contribution in [0.25, 0.3) is 11.1 Å². The minimum atomic E-state index is -4.60. The fraction of sp³-hybridized carbons (Fsp3) is 0.105. The summed E-state index contributed by atoms with van der Waals surface area (Å²) in [7, 11) is 0. The van der Waals surface area contributed by atoms with Crippen molar-refractivity contribution in [3.8, 4) is 22.8 Å². The van der Waals surface area contributed by atoms with E-state index in [0.29, 0.717) is 16.8 Å². The van der Waals surface area contributed by atoms with Crippen LogP contribution in [0.3, 0.4) is 0 Å². The van der Waals surface area contributed by atoms with E-state index in [4.69, 9.17) is 16.3 Å². The molecule has 0 spiro atoms. The van der Waals surface area contributed by atoms with E-state index in [2.05, 4.69) is 4.98 Å². The molecule has 0 amide bonds. The van der Waals surface area contributed by atoms with E-state index >= 15 is 0 Å². The molecule has 0 aliphatic carbocycles. The molecule has 0 saturated carbocycles. The molecule has 1 aromatic heterocycles. The van der Waals surface area contributed by atoms with Crippen molar-refractivity contribution in [2.45, 2.75) is 13.1 Å². The third-order valence-corrected chi connectivity index (χ3v) is 3.94. The van der Waals surface area contributed by atoms with Crippen molar-refractivity contribution in [2.75, 3.05) is 0 Å². The van der Waals surface area contributed by atoms with Crippen molar-refractivity contribution < 1.29 is 22.3 Å². The topological polar surface area (TPSA) is 22.1 Å². The first-order valence-electron chi connectivity index (χ1n) is 7.52. The molecule has 0 bridgehead atoms. The van der Waals surface area contributed by atoms with Gasteiger partial charge in [0.05, 0.1) is 10.6 Å². The van der Waals surface area contributed by atoms with Gasteiger partial charge in [0.1, 0.15) is 11.6 Å². The van der Waals surface area contributed by atoms with Crippen molar-refractivity contribution in [2.24, 2.45) is 0 Å². The summed E-state index contributed by atoms with van der Waals surface area (Å²) in [6, 6.07) is 12.4. The smallest absolute Gasteiger partial charge is 0.417 e. The van der Waals surface area contributed by atoms with E-state index in [1.807, 2.05) is 0 Å². The van der Waals surface area contributed by atoms with Crippen LogP contribution in [0.1, 0.15) is 11.3 Å². The summed E-state index contributed by atoms with van der Waals surface area (Å²) in [5, 5.41) is -0.416. The Morgan fingerprint density at radius 1 is 0.962 bits per heavy atom. The van der Waals surface area contributed by atoms with Gasteiger partial charge >= 0.3 is 6.18 Å². The summed E-state index contributed by atoms with van der Waals surface area (Å²) in [4.78, 5) is 4.25. The van der Waals surface area contributed by atoms with Crippen LogP contribution in [0.15, 0.2) is 54.6 Å². The number of rotatable bonds is 3. The van der Waals surface area contributed by atoms with Gasteiger partial charge in [0.2, 0.25) is 5.88 Å². The Bertz CT molecular complexity index is 939. The molecular formula is C19H12ClF4NO. The zero-order valence-corrected chi connectivity index (χ0v) is 14.2. The highest BCUT2D eigenvalue weighted by Gasteiger charge is 2.33. The second-order valence-electron chi connectivity index (χ2n) is 5.55. The first kappa shape index (κ1) is 18.2. The van der Waals surface area contributed by atoms with Crippen LogP contribution < -0.4 is 4.74 Å². The number of halogens is 5. The minimum absolute atomic E-state index is 0.0526. The summed E-state index contributed by atoms with van der Waals surface area (Å²) >= 11 is 5.62. The van der Waals surface area contributed by atoms with Gasteiger partial charge < -0.3 is 4.74 Å². The quantitative estimate of drug-likeness (QED) is 0.473. The van der Waals surface area contributed by atoms with E-state index in [1.54, 1.807) is 19.1 Å². The monoisotopic (exact) mass is 381 g/mol. The molecule has 0 aliphatic rings. The molecule has 1 heterocycles. The van der Waals surface area contributed by atoms with E-state index in [9.17, 15) is 17.6 Å². The Labute approximate surface area is 152 Å². The molecule has 0 atom stereocenters. The van der Waals surface area contributed by atoms with Gasteiger partial charge in [0.25, 0.3) is 0 Å². The van der Waals surface area contributed by atoms with E-state index < -0.39 is 22.6 Å². The molecule has 3 aromatic rings. The lowest BCUT2D eigenvalue weighted by Crippen LogP contribution is -2.06. The van der Waals surface area contributed by atoms with Crippen LogP contribution in [0.4, 0.5) is 17.6 Å². The maximum absolute atomic E-state index is 13.1. The van der Waals surface area contributed by atoms with Gasteiger partial charge in [0.15, 0.2) is 0 Å². The summed E-state index contributed by atoms with van der Waals surface area (Å²) in [6.45, 7) is 1.73. The summed E-state index contributed by atoms with van der Waals surface area (Å²) in [5.74, 6) is -0.334. The summed E-state index contributed by atoms with van der Waals surface area (Å²) in [6.07, 6.45) is -4.60. The molecule has 2 aromatic carbocycles. The highest BCUT2D eigenvalue weighted by atomic mass is 35.5. The highest BCUT2D eigenvalue weighted by molar-refractivity contribution is 6.31. The van der Waals surface area contributed by atoms with Gasteiger partial charge in [-0.25, -0.2) is 9.37 Å². The molecule has 26 heavy (non-hydrogen) atoms. The van der Waals surface area contributed by atoms with E-state index in [0.717, 1.165) is 12.1 Å². The van der Waals surface area contributed by atoms with Crippen molar-refractivity contribution in [1.29, 1.82) is 0 Å². The Morgan fingerprint density at radius 2 is 1.65 bits per heavy atom. The van der Waals surface area contributed by atoms with Gasteiger partial charge in [0, 0.05) is 11.3 Å². The number of alkyl halides is 3. The zero-order chi connectivity index (χ0) is 18.9. The van der Waals surface area contributed by atoms with Crippen molar-refractivity contribution in [3.05, 3.63) is 76.7 Å². The lowest BCUT2D eigenvalue weighted by molar-refractivity contribution is -0.137. The average molecular weight is 382 g/mol. The molecule has 134 valence electrons. The van der Waals surface area contributed by atoms with E-state index in [1.165, 1.54) is 30.3 Å². The van der Waals surface area contributed by atoms with Gasteiger partial charge in [-0.2, -0.15) is 13.2 Å². The molecular weight excluding hydrogens is 370 g/mol. The molecule has 7 heteroatoms. The van der Waals surface area contributed by atoms with Gasteiger partial charge in [-0.1, -0.05) is 23.7 Å². The van der Waals surface area contributed by atoms with Crippen LogP contribution >= 0.6 is 11.6 Å². The maximum Gasteiger partial charge on any atom is 0.417 e. The molecule has 0 saturated heterocycles. The number of aryl methyl sites for hydroxylation is 1. The van der Waals surface area contributed by atoms with Crippen LogP contribution in [0.5, 0.6) is 11.6 Å². The lowest BCUT2D eigenvalue weighted by Gasteiger charge is -2.14. The molecule has 2 nitrogen and oxygen atoms in total. The number of aromatic nitrogens is 1. The number of hydrogen-bond acceptors (Lipinski definition) is 2. The number of pyridine rings is 1. The standard InChI is InChI=1S/C19H12ClF4NO/c1-11-2-8-15(12-3-5-13(21)6-4-12)18(25-11)26-14-7-9-17(20)16(10-14)19(22,23)24/h2-10H,1H3. The number of hydrogen-bond donors (Lipinski definition) is 0. The Hall–Kier alpha value is -2.60. The highest BCUT2D eigenvalue weighted by Crippen LogP contribution is 2.39. The second-order valence-corrected chi connectivity index (χ2v) is 5.96. The summed E-state index contributed by atoms with van der Waals surface area (Å²) < 4.78 is 57.8. The molecule has 0 aliphatic heterocycles. The van der Waals surface area contributed by atoms with Crippen LogP contribution in [0.2, 0.25) is 5.02 Å². The largest absolute Gasteiger partial charge is 0.438 e. The molecule has 0 unspecified atom stereocenters. The Morgan fingerprint density at radius 3 is 2.31 bits per heavy atom. The number of nitrogens with zero attached hydrogens (tertiary/aromatic N) is 1. The molecule has 3 rings (SSSR count). The average Bonchev–Trinajstić information content (AvgIpc) is 2.57. The maximum atomic E-state index is 13.1. The third-order valence-electron chi connectivity index (χ3n) is 3.61. The van der Waals surface area contributed by atoms with Crippen molar-refractivity contribution >= 4 is 11.6 Å². The predicted molar refractivity (Wildman–Crippen MR) is 90.9 cm³/mol. The first-order valence-corrected chi connectivity index (χ1v) is 7.90. The van der Waals surface area contributed by atoms with Crippen LogP contribution in [-0.4, -0.2) is 4.98 Å². The number of ether oxygens (including phenoxy) is 1. The lowest BCUT2D eigenvalue weighted by atomic mass is 10.1. The summed E-state index contributed by atoms with van der Waals surface area (Å²) in [5.41, 5.74) is 0.779. The molecule has 0 N–H and O–H groups in total. The Balaban J connectivity index is 2.03. The fourth-order valence-electron chi connectivity index (χ4n) is 2.36. The normalized spacial score (nSPS) is 11.5. The Kier molecular flexibility index (Phi) is 4.87. The van der Waals surface area contributed by atoms with E-state index in [-0.39, 0.29) is 11.6 Å². The van der Waals surface area contributed by atoms with Crippen LogP contribution in [-0.2, 0) is 6.18 Å². The minimum Gasteiger partial charge on any atom is -0.438 e. The third kappa shape index (κ3) is 3.96. The predicted octanol–water partition coefficient (Wildman–Crippen LogP) is 6.66. The van der Waals surface area contributed by atoms with Crippen molar-refractivity contribution in [1.82, 2.24) is 4.98 Å². The second kappa shape index (κ2) is 6.96. The molecule has 0 fully saturated rings.